The number of carbonyl (C=O) groups excluding carboxylic acids is 1. The van der Waals surface area contributed by atoms with Crippen molar-refractivity contribution in [1.82, 2.24) is 0 Å². The van der Waals surface area contributed by atoms with E-state index in [9.17, 15) is 18.0 Å². The fraction of sp³-hybridized carbons (Fsp3) is 0.292. The summed E-state index contributed by atoms with van der Waals surface area (Å²) in [7, 11) is -6.09. The number of alkyl halides is 3. The van der Waals surface area contributed by atoms with Crippen molar-refractivity contribution in [1.29, 1.82) is 0 Å². The zero-order chi connectivity index (χ0) is 24.9. The quantitative estimate of drug-likeness (QED) is 0.180. The molecule has 9 heteroatoms. The second kappa shape index (κ2) is 11.0. The van der Waals surface area contributed by atoms with Crippen LogP contribution in [0.2, 0.25) is 0 Å². The number of carbonyl (C=O) groups is 1. The van der Waals surface area contributed by atoms with Crippen molar-refractivity contribution >= 4 is 15.9 Å². The molecule has 0 saturated carbocycles. The van der Waals surface area contributed by atoms with E-state index in [1.165, 1.54) is 12.7 Å². The van der Waals surface area contributed by atoms with Crippen LogP contribution in [-0.4, -0.2) is 24.3 Å². The maximum absolute atomic E-state index is 13.2. The van der Waals surface area contributed by atoms with Crippen LogP contribution in [0.25, 0.3) is 0 Å². The van der Waals surface area contributed by atoms with Gasteiger partial charge in [0.25, 0.3) is 0 Å². The molecule has 178 valence electrons. The lowest BCUT2D eigenvalue weighted by Gasteiger charge is -2.26. The standard InChI is InChI=1S/C23H24IO.CHF3O3S/c1-23(2,3)18-14-15-21(24-19-12-8-5-9-13-19)20(16-18)22(25)17-10-6-4-7-11-17;2-1(3,4)8(5,6)7/h4-14H,15-16H2,1-3H3;(H,5,6,7)/q+1;/p-1. The van der Waals surface area contributed by atoms with E-state index in [1.807, 2.05) is 30.3 Å². The number of ketones is 1. The molecule has 1 aliphatic carbocycles. The number of hydrogen-bond donors (Lipinski definition) is 0. The average Bonchev–Trinajstić information content (AvgIpc) is 2.73. The lowest BCUT2D eigenvalue weighted by molar-refractivity contribution is -0.578. The van der Waals surface area contributed by atoms with E-state index < -0.39 is 15.6 Å². The smallest absolute Gasteiger partial charge is 0.485 e. The number of halogens is 4. The number of rotatable bonds is 4. The minimum Gasteiger partial charge on any atom is -0.741 e. The van der Waals surface area contributed by atoms with Gasteiger partial charge in [-0.25, -0.2) is 8.42 Å². The number of benzene rings is 2. The van der Waals surface area contributed by atoms with E-state index in [2.05, 4.69) is 57.2 Å². The molecule has 2 aromatic carbocycles. The largest absolute Gasteiger partial charge is 0.741 e. The fourth-order valence-electron chi connectivity index (χ4n) is 2.94. The summed E-state index contributed by atoms with van der Waals surface area (Å²) in [5.74, 6) is 0.209. The van der Waals surface area contributed by atoms with Crippen molar-refractivity contribution in [2.75, 3.05) is 0 Å². The molecule has 0 bridgehead atoms. The molecule has 0 unspecified atom stereocenters. The van der Waals surface area contributed by atoms with E-state index in [4.69, 9.17) is 13.0 Å². The zero-order valence-corrected chi connectivity index (χ0v) is 21.3. The second-order valence-electron chi connectivity index (χ2n) is 8.23. The molecule has 0 heterocycles. The topological polar surface area (TPSA) is 74.3 Å². The molecule has 0 radical (unpaired) electrons. The summed E-state index contributed by atoms with van der Waals surface area (Å²) in [5.41, 5.74) is -2.31. The molecular weight excluding hydrogens is 568 g/mol. The Morgan fingerprint density at radius 1 is 0.939 bits per heavy atom. The zero-order valence-electron chi connectivity index (χ0n) is 18.3. The molecule has 0 saturated heterocycles. The molecule has 0 fully saturated rings. The minimum atomic E-state index is -6.09. The molecule has 3 rings (SSSR count). The van der Waals surface area contributed by atoms with Crippen LogP contribution in [0.1, 0.15) is 44.0 Å². The predicted octanol–water partition coefficient (Wildman–Crippen LogP) is 2.90. The van der Waals surface area contributed by atoms with Crippen LogP contribution in [0.4, 0.5) is 13.2 Å². The first-order valence-electron chi connectivity index (χ1n) is 9.93. The normalized spacial score (nSPS) is 14.8. The van der Waals surface area contributed by atoms with E-state index >= 15 is 0 Å². The Hall–Kier alpha value is -1.98. The van der Waals surface area contributed by atoms with Gasteiger partial charge >= 0.3 is 26.7 Å². The van der Waals surface area contributed by atoms with Crippen molar-refractivity contribution in [3.05, 3.63) is 90.6 Å². The van der Waals surface area contributed by atoms with Crippen molar-refractivity contribution in [2.45, 2.75) is 39.1 Å². The second-order valence-corrected chi connectivity index (χ2v) is 12.7. The van der Waals surface area contributed by atoms with Crippen molar-refractivity contribution in [2.24, 2.45) is 5.41 Å². The van der Waals surface area contributed by atoms with E-state index in [0.29, 0.717) is 0 Å². The van der Waals surface area contributed by atoms with Gasteiger partial charge in [0.15, 0.2) is 23.1 Å². The Bertz CT molecular complexity index is 1130. The molecular formula is C24H24F3IO4S. The summed E-state index contributed by atoms with van der Waals surface area (Å²) in [6.45, 7) is 6.71. The Labute approximate surface area is 202 Å². The van der Waals surface area contributed by atoms with Gasteiger partial charge in [-0.05, 0) is 17.5 Å². The third-order valence-electron chi connectivity index (χ3n) is 4.74. The number of hydrogen-bond acceptors (Lipinski definition) is 4. The summed E-state index contributed by atoms with van der Waals surface area (Å²) in [6.07, 6.45) is 4.07. The van der Waals surface area contributed by atoms with E-state index in [0.717, 1.165) is 24.0 Å². The van der Waals surface area contributed by atoms with Gasteiger partial charge in [-0.2, -0.15) is 13.2 Å². The molecule has 1 aliphatic rings. The van der Waals surface area contributed by atoms with E-state index in [1.54, 1.807) is 0 Å². The van der Waals surface area contributed by atoms with Crippen molar-refractivity contribution < 1.29 is 52.1 Å². The summed E-state index contributed by atoms with van der Waals surface area (Å²) in [4.78, 5) is 13.2. The van der Waals surface area contributed by atoms with Gasteiger partial charge in [-0.1, -0.05) is 81.0 Å². The van der Waals surface area contributed by atoms with Crippen molar-refractivity contribution in [3.63, 3.8) is 0 Å². The molecule has 0 amide bonds. The molecule has 0 N–H and O–H groups in total. The van der Waals surface area contributed by atoms with Crippen LogP contribution in [-0.2, 0) is 10.1 Å². The summed E-state index contributed by atoms with van der Waals surface area (Å²) in [6, 6.07) is 20.3. The Morgan fingerprint density at radius 3 is 1.88 bits per heavy atom. The summed E-state index contributed by atoms with van der Waals surface area (Å²) in [5, 5.41) is 0. The number of allylic oxidation sites excluding steroid dienone is 4. The first-order valence-corrected chi connectivity index (χ1v) is 13.5. The van der Waals surface area contributed by atoms with Crippen LogP contribution < -0.4 is 21.2 Å². The molecule has 33 heavy (non-hydrogen) atoms. The molecule has 0 aliphatic heterocycles. The van der Waals surface area contributed by atoms with Gasteiger partial charge in [0.2, 0.25) is 0 Å². The highest BCUT2D eigenvalue weighted by atomic mass is 127. The summed E-state index contributed by atoms with van der Waals surface area (Å²) >= 11 is -0.302. The first kappa shape index (κ1) is 27.3. The Kier molecular flexibility index (Phi) is 9.06. The third kappa shape index (κ3) is 8.08. The lowest BCUT2D eigenvalue weighted by Crippen LogP contribution is -3.61. The van der Waals surface area contributed by atoms with Gasteiger partial charge in [0.05, 0.1) is 5.57 Å². The Morgan fingerprint density at radius 2 is 1.42 bits per heavy atom. The van der Waals surface area contributed by atoms with Gasteiger partial charge in [-0.3, -0.25) is 4.79 Å². The SMILES string of the molecule is CC(C)(C)C1=CCC([I+]c2ccccc2)=C(C(=O)c2ccccc2)C1.O=S(=O)([O-])C(F)(F)F. The van der Waals surface area contributed by atoms with Crippen LogP contribution in [0, 0.1) is 8.99 Å². The minimum absolute atomic E-state index is 0.110. The fourth-order valence-corrected chi connectivity index (χ4v) is 5.67. The van der Waals surface area contributed by atoms with Crippen LogP contribution >= 0.6 is 0 Å². The monoisotopic (exact) mass is 592 g/mol. The van der Waals surface area contributed by atoms with Gasteiger partial charge in [0, 0.05) is 18.4 Å². The predicted molar refractivity (Wildman–Crippen MR) is 115 cm³/mol. The van der Waals surface area contributed by atoms with Crippen LogP contribution in [0.15, 0.2) is 81.5 Å². The first-order chi connectivity index (χ1) is 15.2. The third-order valence-corrected chi connectivity index (χ3v) is 8.39. The highest BCUT2D eigenvalue weighted by Gasteiger charge is 2.37. The van der Waals surface area contributed by atoms with Crippen LogP contribution in [0.5, 0.6) is 0 Å². The molecule has 0 atom stereocenters. The highest BCUT2D eigenvalue weighted by Crippen LogP contribution is 2.35. The van der Waals surface area contributed by atoms with Gasteiger partial charge in [0.1, 0.15) is 0 Å². The number of Topliss-reactive ketones (excluding diaryl/α,β-unsaturated/α-hetero) is 1. The van der Waals surface area contributed by atoms with Crippen molar-refractivity contribution in [3.8, 4) is 0 Å². The highest BCUT2D eigenvalue weighted by molar-refractivity contribution is 7.86. The maximum atomic E-state index is 13.2. The molecule has 4 nitrogen and oxygen atoms in total. The van der Waals surface area contributed by atoms with E-state index in [-0.39, 0.29) is 32.4 Å². The maximum Gasteiger partial charge on any atom is 0.485 e. The lowest BCUT2D eigenvalue weighted by atomic mass is 9.78. The summed E-state index contributed by atoms with van der Waals surface area (Å²) < 4.78 is 61.6. The molecule has 0 spiro atoms. The van der Waals surface area contributed by atoms with Gasteiger partial charge < -0.3 is 4.55 Å². The van der Waals surface area contributed by atoms with Gasteiger partial charge in [-0.15, -0.1) is 0 Å². The molecule has 0 aromatic heterocycles. The average molecular weight is 592 g/mol. The Balaban J connectivity index is 0.000000414. The molecule has 2 aromatic rings. The van der Waals surface area contributed by atoms with Crippen LogP contribution in [0.3, 0.4) is 0 Å².